The Kier molecular flexibility index (Phi) is 4.84. The van der Waals surface area contributed by atoms with Gasteiger partial charge in [0.05, 0.1) is 11.6 Å². The average Bonchev–Trinajstić information content (AvgIpc) is 2.77. The highest BCUT2D eigenvalue weighted by Gasteiger charge is 2.34. The van der Waals surface area contributed by atoms with Crippen molar-refractivity contribution < 1.29 is 4.79 Å². The van der Waals surface area contributed by atoms with Crippen molar-refractivity contribution in [2.75, 3.05) is 7.05 Å². The van der Waals surface area contributed by atoms with Crippen molar-refractivity contribution >= 4 is 17.2 Å². The zero-order valence-electron chi connectivity index (χ0n) is 13.1. The van der Waals surface area contributed by atoms with Crippen molar-refractivity contribution in [1.29, 1.82) is 0 Å². The number of aryl methyl sites for hydroxylation is 1. The van der Waals surface area contributed by atoms with E-state index >= 15 is 0 Å². The first kappa shape index (κ1) is 15.5. The van der Waals surface area contributed by atoms with E-state index in [4.69, 9.17) is 0 Å². The van der Waals surface area contributed by atoms with Crippen LogP contribution >= 0.6 is 11.3 Å². The molecule has 4 heteroatoms. The molecule has 1 aromatic heterocycles. The molecule has 0 radical (unpaired) electrons. The first-order chi connectivity index (χ1) is 9.38. The van der Waals surface area contributed by atoms with Gasteiger partial charge in [0, 0.05) is 24.5 Å². The van der Waals surface area contributed by atoms with E-state index in [9.17, 15) is 4.79 Å². The van der Waals surface area contributed by atoms with Gasteiger partial charge in [0.2, 0.25) is 5.91 Å². The highest BCUT2D eigenvalue weighted by molar-refractivity contribution is 7.11. The predicted octanol–water partition coefficient (Wildman–Crippen LogP) is 4.02. The summed E-state index contributed by atoms with van der Waals surface area (Å²) >= 11 is 1.67. The zero-order valence-corrected chi connectivity index (χ0v) is 13.9. The van der Waals surface area contributed by atoms with Gasteiger partial charge in [-0.15, -0.1) is 11.3 Å². The van der Waals surface area contributed by atoms with Crippen LogP contribution in [0, 0.1) is 18.3 Å². The number of hydrogen-bond acceptors (Lipinski definition) is 3. The fraction of sp³-hybridized carbons (Fsp3) is 0.750. The SMILES string of the molecule is Cc1ncc(CN(C)C(=O)CC2CCCCC2(C)C)s1. The molecule has 0 saturated heterocycles. The molecule has 0 aromatic carbocycles. The van der Waals surface area contributed by atoms with Crippen molar-refractivity contribution in [3.63, 3.8) is 0 Å². The number of carbonyl (C=O) groups is 1. The maximum atomic E-state index is 12.4. The molecule has 1 unspecified atom stereocenters. The van der Waals surface area contributed by atoms with Gasteiger partial charge in [0.1, 0.15) is 0 Å². The summed E-state index contributed by atoms with van der Waals surface area (Å²) in [4.78, 5) is 19.7. The van der Waals surface area contributed by atoms with Crippen molar-refractivity contribution in [2.24, 2.45) is 11.3 Å². The van der Waals surface area contributed by atoms with Crippen LogP contribution in [0.2, 0.25) is 0 Å². The Balaban J connectivity index is 1.90. The lowest BCUT2D eigenvalue weighted by Gasteiger charge is -2.39. The summed E-state index contributed by atoms with van der Waals surface area (Å²) in [5.74, 6) is 0.811. The fourth-order valence-corrected chi connectivity index (χ4v) is 3.96. The van der Waals surface area contributed by atoms with E-state index in [2.05, 4.69) is 18.8 Å². The van der Waals surface area contributed by atoms with E-state index in [-0.39, 0.29) is 5.91 Å². The van der Waals surface area contributed by atoms with Gasteiger partial charge in [-0.3, -0.25) is 4.79 Å². The van der Waals surface area contributed by atoms with Crippen LogP contribution in [-0.4, -0.2) is 22.8 Å². The first-order valence-electron chi connectivity index (χ1n) is 7.54. The van der Waals surface area contributed by atoms with E-state index < -0.39 is 0 Å². The van der Waals surface area contributed by atoms with Crippen molar-refractivity contribution in [3.8, 4) is 0 Å². The largest absolute Gasteiger partial charge is 0.341 e. The quantitative estimate of drug-likeness (QED) is 0.840. The molecule has 0 bridgehead atoms. The molecule has 1 amide bonds. The minimum Gasteiger partial charge on any atom is -0.341 e. The lowest BCUT2D eigenvalue weighted by atomic mass is 9.67. The number of thiazole rings is 1. The van der Waals surface area contributed by atoms with Crippen LogP contribution in [0.5, 0.6) is 0 Å². The maximum Gasteiger partial charge on any atom is 0.222 e. The van der Waals surface area contributed by atoms with E-state index in [1.807, 2.05) is 25.1 Å². The lowest BCUT2D eigenvalue weighted by molar-refractivity contribution is -0.132. The van der Waals surface area contributed by atoms with Gasteiger partial charge in [-0.1, -0.05) is 26.7 Å². The third kappa shape index (κ3) is 3.81. The molecule has 1 atom stereocenters. The number of rotatable bonds is 4. The normalized spacial score (nSPS) is 21.7. The molecule has 1 saturated carbocycles. The van der Waals surface area contributed by atoms with Gasteiger partial charge in [-0.25, -0.2) is 4.98 Å². The Bertz CT molecular complexity index is 467. The van der Waals surface area contributed by atoms with Gasteiger partial charge in [0.25, 0.3) is 0 Å². The second kappa shape index (κ2) is 6.25. The molecule has 1 fully saturated rings. The van der Waals surface area contributed by atoms with E-state index in [1.54, 1.807) is 11.3 Å². The van der Waals surface area contributed by atoms with Gasteiger partial charge in [-0.05, 0) is 31.1 Å². The minimum absolute atomic E-state index is 0.274. The Morgan fingerprint density at radius 3 is 2.85 bits per heavy atom. The molecule has 112 valence electrons. The fourth-order valence-electron chi connectivity index (χ4n) is 3.11. The molecule has 20 heavy (non-hydrogen) atoms. The van der Waals surface area contributed by atoms with Crippen LogP contribution in [0.3, 0.4) is 0 Å². The Labute approximate surface area is 126 Å². The van der Waals surface area contributed by atoms with E-state index in [1.165, 1.54) is 30.6 Å². The lowest BCUT2D eigenvalue weighted by Crippen LogP contribution is -2.34. The summed E-state index contributed by atoms with van der Waals surface area (Å²) < 4.78 is 0. The zero-order chi connectivity index (χ0) is 14.8. The van der Waals surface area contributed by atoms with Crippen molar-refractivity contribution in [2.45, 2.75) is 59.4 Å². The summed E-state index contributed by atoms with van der Waals surface area (Å²) in [6, 6.07) is 0. The molecular formula is C16H26N2OS. The first-order valence-corrected chi connectivity index (χ1v) is 8.35. The van der Waals surface area contributed by atoms with Gasteiger partial charge >= 0.3 is 0 Å². The second-order valence-corrected chi connectivity index (χ2v) is 8.05. The molecule has 0 aliphatic heterocycles. The summed E-state index contributed by atoms with van der Waals surface area (Å²) in [6.07, 6.45) is 7.62. The molecule has 1 aliphatic carbocycles. The number of aromatic nitrogens is 1. The predicted molar refractivity (Wildman–Crippen MR) is 83.7 cm³/mol. The second-order valence-electron chi connectivity index (χ2n) is 6.73. The van der Waals surface area contributed by atoms with Crippen LogP contribution in [-0.2, 0) is 11.3 Å². The molecule has 2 rings (SSSR count). The highest BCUT2D eigenvalue weighted by Crippen LogP contribution is 2.42. The van der Waals surface area contributed by atoms with Crippen LogP contribution < -0.4 is 0 Å². The van der Waals surface area contributed by atoms with Crippen LogP contribution in [0.25, 0.3) is 0 Å². The Morgan fingerprint density at radius 2 is 2.25 bits per heavy atom. The molecule has 0 spiro atoms. The van der Waals surface area contributed by atoms with Gasteiger partial charge in [0.15, 0.2) is 0 Å². The van der Waals surface area contributed by atoms with E-state index in [0.717, 1.165) is 5.01 Å². The smallest absolute Gasteiger partial charge is 0.222 e. The standard InChI is InChI=1S/C16H26N2OS/c1-12-17-10-14(20-12)11-18(4)15(19)9-13-7-5-6-8-16(13,2)3/h10,13H,5-9,11H2,1-4H3. The molecule has 1 aromatic rings. The van der Waals surface area contributed by atoms with Gasteiger partial charge < -0.3 is 4.90 Å². The summed E-state index contributed by atoms with van der Waals surface area (Å²) in [5.41, 5.74) is 0.315. The topological polar surface area (TPSA) is 33.2 Å². The van der Waals surface area contributed by atoms with Crippen LogP contribution in [0.1, 0.15) is 55.8 Å². The monoisotopic (exact) mass is 294 g/mol. The molecule has 3 nitrogen and oxygen atoms in total. The Morgan fingerprint density at radius 1 is 1.50 bits per heavy atom. The van der Waals surface area contributed by atoms with Gasteiger partial charge in [-0.2, -0.15) is 0 Å². The minimum atomic E-state index is 0.274. The molecule has 1 aliphatic rings. The number of hydrogen-bond donors (Lipinski definition) is 0. The number of carbonyl (C=O) groups excluding carboxylic acids is 1. The average molecular weight is 294 g/mol. The van der Waals surface area contributed by atoms with E-state index in [0.29, 0.717) is 24.3 Å². The van der Waals surface area contributed by atoms with Crippen LogP contribution in [0.15, 0.2) is 6.20 Å². The molecule has 0 N–H and O–H groups in total. The third-order valence-electron chi connectivity index (χ3n) is 4.64. The molecule has 1 heterocycles. The maximum absolute atomic E-state index is 12.4. The number of amides is 1. The summed E-state index contributed by atoms with van der Waals surface area (Å²) in [7, 11) is 1.91. The third-order valence-corrected chi connectivity index (χ3v) is 5.54. The molecular weight excluding hydrogens is 268 g/mol. The highest BCUT2D eigenvalue weighted by atomic mass is 32.1. The number of nitrogens with zero attached hydrogens (tertiary/aromatic N) is 2. The summed E-state index contributed by atoms with van der Waals surface area (Å²) in [6.45, 7) is 7.32. The Hall–Kier alpha value is -0.900. The van der Waals surface area contributed by atoms with Crippen molar-refractivity contribution in [1.82, 2.24) is 9.88 Å². The summed E-state index contributed by atoms with van der Waals surface area (Å²) in [5, 5.41) is 1.06. The van der Waals surface area contributed by atoms with Crippen molar-refractivity contribution in [3.05, 3.63) is 16.1 Å². The van der Waals surface area contributed by atoms with Crippen LogP contribution in [0.4, 0.5) is 0 Å².